The molecule has 1 aromatic rings. The summed E-state index contributed by atoms with van der Waals surface area (Å²) in [7, 11) is 0. The Morgan fingerprint density at radius 2 is 1.71 bits per heavy atom. The summed E-state index contributed by atoms with van der Waals surface area (Å²) in [6.07, 6.45) is 0. The molecule has 0 aliphatic rings. The fourth-order valence-electron chi connectivity index (χ4n) is 1.04. The van der Waals surface area contributed by atoms with Crippen LogP contribution in [0.15, 0.2) is 6.07 Å². The summed E-state index contributed by atoms with van der Waals surface area (Å²) >= 11 is 0. The van der Waals surface area contributed by atoms with Gasteiger partial charge in [-0.25, -0.2) is 22.4 Å². The van der Waals surface area contributed by atoms with Crippen molar-refractivity contribution in [1.82, 2.24) is 0 Å². The third kappa shape index (κ3) is 2.43. The molecule has 92 valence electrons. The van der Waals surface area contributed by atoms with E-state index in [2.05, 4.69) is 4.74 Å². The number of carbonyl (C=O) groups excluding carboxylic acids is 2. The van der Waals surface area contributed by atoms with E-state index in [1.165, 1.54) is 6.92 Å². The van der Waals surface area contributed by atoms with Crippen molar-refractivity contribution in [3.63, 3.8) is 0 Å². The summed E-state index contributed by atoms with van der Waals surface area (Å²) in [5.74, 6) is -11.0. The van der Waals surface area contributed by atoms with Crippen LogP contribution in [-0.4, -0.2) is 18.4 Å². The molecule has 0 atom stereocenters. The molecule has 0 saturated heterocycles. The van der Waals surface area contributed by atoms with Gasteiger partial charge in [0.15, 0.2) is 23.3 Å². The van der Waals surface area contributed by atoms with E-state index in [9.17, 15) is 27.2 Å². The van der Waals surface area contributed by atoms with Gasteiger partial charge in [0.05, 0.1) is 12.2 Å². The second-order valence-corrected chi connectivity index (χ2v) is 2.90. The second-order valence-electron chi connectivity index (χ2n) is 2.90. The Labute approximate surface area is 93.0 Å². The number of esters is 1. The van der Waals surface area contributed by atoms with Gasteiger partial charge in [-0.05, 0) is 13.0 Å². The molecular formula is C10H6F4O3. The zero-order valence-corrected chi connectivity index (χ0v) is 8.52. The zero-order valence-electron chi connectivity index (χ0n) is 8.52. The molecule has 0 aliphatic carbocycles. The van der Waals surface area contributed by atoms with Crippen molar-refractivity contribution < 1.29 is 31.9 Å². The molecule has 0 aromatic heterocycles. The summed E-state index contributed by atoms with van der Waals surface area (Å²) < 4.78 is 55.4. The smallest absolute Gasteiger partial charge is 0.379 e. The first-order valence-electron chi connectivity index (χ1n) is 4.44. The number of hydrogen-bond donors (Lipinski definition) is 0. The quantitative estimate of drug-likeness (QED) is 0.206. The van der Waals surface area contributed by atoms with Crippen LogP contribution >= 0.6 is 0 Å². The molecule has 0 saturated carbocycles. The van der Waals surface area contributed by atoms with Crippen LogP contribution < -0.4 is 0 Å². The lowest BCUT2D eigenvalue weighted by Crippen LogP contribution is -2.20. The van der Waals surface area contributed by atoms with Gasteiger partial charge in [-0.15, -0.1) is 0 Å². The summed E-state index contributed by atoms with van der Waals surface area (Å²) in [5, 5.41) is 0. The average molecular weight is 250 g/mol. The van der Waals surface area contributed by atoms with E-state index in [0.29, 0.717) is 0 Å². The predicted octanol–water partition coefficient (Wildman–Crippen LogP) is 1.99. The number of ether oxygens (including phenoxy) is 1. The highest BCUT2D eigenvalue weighted by Gasteiger charge is 2.27. The third-order valence-corrected chi connectivity index (χ3v) is 1.81. The fraction of sp³-hybridized carbons (Fsp3) is 0.200. The Kier molecular flexibility index (Phi) is 3.82. The number of benzene rings is 1. The molecule has 0 N–H and O–H groups in total. The highest BCUT2D eigenvalue weighted by Crippen LogP contribution is 2.19. The molecule has 3 nitrogen and oxygen atoms in total. The Morgan fingerprint density at radius 1 is 1.12 bits per heavy atom. The van der Waals surface area contributed by atoms with Crippen LogP contribution in [0.4, 0.5) is 17.6 Å². The minimum Gasteiger partial charge on any atom is -0.460 e. The van der Waals surface area contributed by atoms with Gasteiger partial charge in [0.1, 0.15) is 0 Å². The van der Waals surface area contributed by atoms with Crippen LogP contribution in [0.1, 0.15) is 17.3 Å². The van der Waals surface area contributed by atoms with Crippen LogP contribution in [0, 0.1) is 23.3 Å². The molecule has 0 radical (unpaired) electrons. The normalized spacial score (nSPS) is 10.2. The third-order valence-electron chi connectivity index (χ3n) is 1.81. The summed E-state index contributed by atoms with van der Waals surface area (Å²) in [4.78, 5) is 22.1. The first-order valence-corrected chi connectivity index (χ1v) is 4.44. The molecule has 0 heterocycles. The lowest BCUT2D eigenvalue weighted by molar-refractivity contribution is -0.137. The molecular weight excluding hydrogens is 244 g/mol. The molecule has 7 heteroatoms. The van der Waals surface area contributed by atoms with Crippen molar-refractivity contribution in [2.24, 2.45) is 0 Å². The van der Waals surface area contributed by atoms with E-state index < -0.39 is 40.6 Å². The number of carbonyl (C=O) groups is 2. The van der Waals surface area contributed by atoms with Gasteiger partial charge in [-0.1, -0.05) is 0 Å². The topological polar surface area (TPSA) is 43.4 Å². The first-order chi connectivity index (χ1) is 7.90. The van der Waals surface area contributed by atoms with Crippen LogP contribution in [0.25, 0.3) is 0 Å². The molecule has 0 amide bonds. The van der Waals surface area contributed by atoms with Gasteiger partial charge in [-0.2, -0.15) is 0 Å². The summed E-state index contributed by atoms with van der Waals surface area (Å²) in [5.41, 5.74) is -1.21. The van der Waals surface area contributed by atoms with Crippen molar-refractivity contribution in [2.75, 3.05) is 6.61 Å². The maximum atomic E-state index is 13.1. The number of rotatable bonds is 3. The summed E-state index contributed by atoms with van der Waals surface area (Å²) in [6.45, 7) is 1.21. The second kappa shape index (κ2) is 4.94. The molecule has 0 unspecified atom stereocenters. The molecule has 0 bridgehead atoms. The molecule has 17 heavy (non-hydrogen) atoms. The van der Waals surface area contributed by atoms with Crippen molar-refractivity contribution in [3.05, 3.63) is 34.9 Å². The van der Waals surface area contributed by atoms with Crippen molar-refractivity contribution in [3.8, 4) is 0 Å². The SMILES string of the molecule is CCOC(=O)C(=O)c1cc(F)c(F)c(F)c1F. The molecule has 0 aliphatic heterocycles. The van der Waals surface area contributed by atoms with Crippen LogP contribution in [-0.2, 0) is 9.53 Å². The van der Waals surface area contributed by atoms with E-state index >= 15 is 0 Å². The van der Waals surface area contributed by atoms with Crippen molar-refractivity contribution in [1.29, 1.82) is 0 Å². The zero-order chi connectivity index (χ0) is 13.2. The van der Waals surface area contributed by atoms with Gasteiger partial charge in [0, 0.05) is 0 Å². The fourth-order valence-corrected chi connectivity index (χ4v) is 1.04. The highest BCUT2D eigenvalue weighted by atomic mass is 19.2. The van der Waals surface area contributed by atoms with Crippen LogP contribution in [0.3, 0.4) is 0 Å². The lowest BCUT2D eigenvalue weighted by atomic mass is 10.1. The molecule has 1 rings (SSSR count). The molecule has 0 spiro atoms. The number of halogens is 4. The van der Waals surface area contributed by atoms with Crippen molar-refractivity contribution >= 4 is 11.8 Å². The Morgan fingerprint density at radius 3 is 2.24 bits per heavy atom. The Hall–Kier alpha value is -1.92. The largest absolute Gasteiger partial charge is 0.460 e. The van der Waals surface area contributed by atoms with Gasteiger partial charge in [-0.3, -0.25) is 4.79 Å². The minimum atomic E-state index is -2.15. The van der Waals surface area contributed by atoms with Crippen molar-refractivity contribution in [2.45, 2.75) is 6.92 Å². The van der Waals surface area contributed by atoms with Gasteiger partial charge >= 0.3 is 5.97 Å². The van der Waals surface area contributed by atoms with E-state index in [-0.39, 0.29) is 12.7 Å². The molecule has 1 aromatic carbocycles. The van der Waals surface area contributed by atoms with Crippen LogP contribution in [0.5, 0.6) is 0 Å². The predicted molar refractivity (Wildman–Crippen MR) is 47.2 cm³/mol. The highest BCUT2D eigenvalue weighted by molar-refractivity contribution is 6.40. The number of ketones is 1. The van der Waals surface area contributed by atoms with Gasteiger partial charge < -0.3 is 4.74 Å². The van der Waals surface area contributed by atoms with Gasteiger partial charge in [0.25, 0.3) is 5.78 Å². The molecule has 0 fully saturated rings. The Bertz CT molecular complexity index is 485. The lowest BCUT2D eigenvalue weighted by Gasteiger charge is -2.04. The monoisotopic (exact) mass is 250 g/mol. The van der Waals surface area contributed by atoms with E-state index in [1.807, 2.05) is 0 Å². The Balaban J connectivity index is 3.24. The van der Waals surface area contributed by atoms with Crippen LogP contribution in [0.2, 0.25) is 0 Å². The number of hydrogen-bond acceptors (Lipinski definition) is 3. The summed E-state index contributed by atoms with van der Waals surface area (Å²) in [6, 6.07) is 0.104. The number of Topliss-reactive ketones (excluding diaryl/α,β-unsaturated/α-hetero) is 1. The maximum absolute atomic E-state index is 13.1. The van der Waals surface area contributed by atoms with E-state index in [0.717, 1.165) is 0 Å². The van der Waals surface area contributed by atoms with E-state index in [4.69, 9.17) is 0 Å². The minimum absolute atomic E-state index is 0.104. The average Bonchev–Trinajstić information content (AvgIpc) is 2.30. The van der Waals surface area contributed by atoms with Gasteiger partial charge in [0.2, 0.25) is 0 Å². The maximum Gasteiger partial charge on any atom is 0.379 e. The first kappa shape index (κ1) is 13.1. The van der Waals surface area contributed by atoms with E-state index in [1.54, 1.807) is 0 Å². The standard InChI is InChI=1S/C10H6F4O3/c1-2-17-10(16)9(15)4-3-5(11)7(13)8(14)6(4)12/h3H,2H2,1H3.